The number of allylic oxidation sites excluding steroid dienone is 1. The number of phenols is 1. The lowest BCUT2D eigenvalue weighted by Gasteiger charge is -2.18. The molecule has 33 heavy (non-hydrogen) atoms. The minimum absolute atomic E-state index is 0.0228. The van der Waals surface area contributed by atoms with Crippen LogP contribution in [0, 0.1) is 0 Å². The number of pyridine rings is 1. The van der Waals surface area contributed by atoms with Crippen molar-refractivity contribution in [2.75, 3.05) is 5.32 Å². The van der Waals surface area contributed by atoms with Crippen LogP contribution in [0.2, 0.25) is 0 Å². The molecule has 0 fully saturated rings. The standard InChI is InChI=1S/C26H19F3N2O2/c1-16(32)10-12-21-24(17-6-3-2-4-7-17)31-23-13-11-20(33)15-22(23)25(21)30-19-9-5-8-18(14-19)26(27,28)29/h2-15,33H,1H3,(H,30,31)/b12-10+. The number of nitrogens with one attached hydrogen (secondary N) is 1. The second-order valence-corrected chi connectivity index (χ2v) is 7.46. The number of hydrogen-bond acceptors (Lipinski definition) is 4. The maximum atomic E-state index is 13.3. The van der Waals surface area contributed by atoms with Crippen molar-refractivity contribution in [3.05, 3.63) is 90.0 Å². The van der Waals surface area contributed by atoms with E-state index in [1.165, 1.54) is 37.3 Å². The molecule has 0 aliphatic rings. The third-order valence-electron chi connectivity index (χ3n) is 5.00. The summed E-state index contributed by atoms with van der Waals surface area (Å²) < 4.78 is 39.8. The Morgan fingerprint density at radius 3 is 2.45 bits per heavy atom. The summed E-state index contributed by atoms with van der Waals surface area (Å²) in [5.41, 5.74) is 2.18. The SMILES string of the molecule is CC(=O)/C=C/c1c(-c2ccccc2)nc2ccc(O)cc2c1Nc1cccc(C(F)(F)F)c1. The molecule has 0 bridgehead atoms. The van der Waals surface area contributed by atoms with E-state index in [2.05, 4.69) is 5.32 Å². The smallest absolute Gasteiger partial charge is 0.416 e. The van der Waals surface area contributed by atoms with E-state index in [1.54, 1.807) is 12.1 Å². The van der Waals surface area contributed by atoms with Crippen LogP contribution in [-0.2, 0) is 11.0 Å². The average Bonchev–Trinajstić information content (AvgIpc) is 2.78. The van der Waals surface area contributed by atoms with Crippen LogP contribution in [0.5, 0.6) is 5.75 Å². The van der Waals surface area contributed by atoms with Crippen LogP contribution in [-0.4, -0.2) is 15.9 Å². The summed E-state index contributed by atoms with van der Waals surface area (Å²) >= 11 is 0. The number of aromatic nitrogens is 1. The number of aromatic hydroxyl groups is 1. The van der Waals surface area contributed by atoms with Gasteiger partial charge < -0.3 is 10.4 Å². The van der Waals surface area contributed by atoms with Gasteiger partial charge in [0.1, 0.15) is 5.75 Å². The van der Waals surface area contributed by atoms with E-state index in [4.69, 9.17) is 4.98 Å². The van der Waals surface area contributed by atoms with Gasteiger partial charge in [0, 0.05) is 22.2 Å². The molecule has 4 aromatic rings. The minimum Gasteiger partial charge on any atom is -0.508 e. The van der Waals surface area contributed by atoms with Crippen molar-refractivity contribution in [1.29, 1.82) is 0 Å². The minimum atomic E-state index is -4.50. The predicted molar refractivity (Wildman–Crippen MR) is 123 cm³/mol. The number of fused-ring (bicyclic) bond motifs is 1. The molecule has 0 unspecified atom stereocenters. The molecular formula is C26H19F3N2O2. The number of benzene rings is 3. The summed E-state index contributed by atoms with van der Waals surface area (Å²) in [7, 11) is 0. The van der Waals surface area contributed by atoms with E-state index in [0.717, 1.165) is 17.7 Å². The molecule has 166 valence electrons. The summed E-state index contributed by atoms with van der Waals surface area (Å²) in [6.07, 6.45) is -1.55. The highest BCUT2D eigenvalue weighted by molar-refractivity contribution is 6.04. The fourth-order valence-corrected chi connectivity index (χ4v) is 3.50. The molecule has 0 aliphatic heterocycles. The number of hydrogen-bond donors (Lipinski definition) is 2. The molecule has 4 rings (SSSR count). The lowest BCUT2D eigenvalue weighted by molar-refractivity contribution is -0.137. The highest BCUT2D eigenvalue weighted by Gasteiger charge is 2.30. The van der Waals surface area contributed by atoms with E-state index in [9.17, 15) is 23.1 Å². The number of rotatable bonds is 5. The summed E-state index contributed by atoms with van der Waals surface area (Å²) in [6.45, 7) is 1.40. The molecule has 3 aromatic carbocycles. The van der Waals surface area contributed by atoms with Crippen molar-refractivity contribution < 1.29 is 23.1 Å². The zero-order valence-corrected chi connectivity index (χ0v) is 17.5. The summed E-state index contributed by atoms with van der Waals surface area (Å²) in [4.78, 5) is 16.4. The first-order valence-corrected chi connectivity index (χ1v) is 10.1. The third-order valence-corrected chi connectivity index (χ3v) is 5.00. The summed E-state index contributed by atoms with van der Waals surface area (Å²) in [5, 5.41) is 13.7. The van der Waals surface area contributed by atoms with Gasteiger partial charge in [0.25, 0.3) is 0 Å². The lowest BCUT2D eigenvalue weighted by atomic mass is 9.99. The molecular weight excluding hydrogens is 429 g/mol. The monoisotopic (exact) mass is 448 g/mol. The Balaban J connectivity index is 2.01. The van der Waals surface area contributed by atoms with E-state index in [-0.39, 0.29) is 17.2 Å². The second kappa shape index (κ2) is 8.78. The molecule has 0 saturated carbocycles. The Labute approximate surface area is 188 Å². The second-order valence-electron chi connectivity index (χ2n) is 7.46. The molecule has 1 aromatic heterocycles. The van der Waals surface area contributed by atoms with Crippen LogP contribution < -0.4 is 5.32 Å². The van der Waals surface area contributed by atoms with Crippen LogP contribution in [0.15, 0.2) is 78.9 Å². The quantitative estimate of drug-likeness (QED) is 0.324. The number of anilines is 2. The van der Waals surface area contributed by atoms with Crippen LogP contribution in [0.25, 0.3) is 28.2 Å². The average molecular weight is 448 g/mol. The van der Waals surface area contributed by atoms with Crippen LogP contribution >= 0.6 is 0 Å². The topological polar surface area (TPSA) is 62.2 Å². The number of ketones is 1. The summed E-state index contributed by atoms with van der Waals surface area (Å²) in [6, 6.07) is 18.7. The maximum absolute atomic E-state index is 13.3. The van der Waals surface area contributed by atoms with Crippen molar-refractivity contribution >= 4 is 34.1 Å². The van der Waals surface area contributed by atoms with Gasteiger partial charge in [-0.3, -0.25) is 4.79 Å². The van der Waals surface area contributed by atoms with Gasteiger partial charge in [-0.2, -0.15) is 13.2 Å². The number of carbonyl (C=O) groups is 1. The first-order chi connectivity index (χ1) is 15.7. The lowest BCUT2D eigenvalue weighted by Crippen LogP contribution is -2.06. The largest absolute Gasteiger partial charge is 0.508 e. The van der Waals surface area contributed by atoms with Gasteiger partial charge in [-0.05, 0) is 55.5 Å². The van der Waals surface area contributed by atoms with Crippen molar-refractivity contribution in [2.45, 2.75) is 13.1 Å². The van der Waals surface area contributed by atoms with Gasteiger partial charge >= 0.3 is 6.18 Å². The zero-order valence-electron chi connectivity index (χ0n) is 17.5. The Bertz CT molecular complexity index is 1360. The number of phenolic OH excluding ortho intramolecular Hbond substituents is 1. The van der Waals surface area contributed by atoms with Gasteiger partial charge in [0.15, 0.2) is 5.78 Å². The molecule has 0 saturated heterocycles. The van der Waals surface area contributed by atoms with E-state index < -0.39 is 11.7 Å². The highest BCUT2D eigenvalue weighted by atomic mass is 19.4. The maximum Gasteiger partial charge on any atom is 0.416 e. The first-order valence-electron chi connectivity index (χ1n) is 10.1. The van der Waals surface area contributed by atoms with Gasteiger partial charge in [0.05, 0.1) is 22.5 Å². The Morgan fingerprint density at radius 2 is 1.76 bits per heavy atom. The Kier molecular flexibility index (Phi) is 5.87. The molecule has 1 heterocycles. The molecule has 0 spiro atoms. The van der Waals surface area contributed by atoms with E-state index in [0.29, 0.717) is 27.8 Å². The Morgan fingerprint density at radius 1 is 1.00 bits per heavy atom. The van der Waals surface area contributed by atoms with Crippen molar-refractivity contribution in [3.8, 4) is 17.0 Å². The van der Waals surface area contributed by atoms with Crippen molar-refractivity contribution in [3.63, 3.8) is 0 Å². The molecule has 4 nitrogen and oxygen atoms in total. The van der Waals surface area contributed by atoms with Crippen molar-refractivity contribution in [2.24, 2.45) is 0 Å². The molecule has 0 aliphatic carbocycles. The molecule has 7 heteroatoms. The molecule has 0 radical (unpaired) electrons. The van der Waals surface area contributed by atoms with Crippen LogP contribution in [0.4, 0.5) is 24.5 Å². The first kappa shape index (κ1) is 22.1. The number of nitrogens with zero attached hydrogens (tertiary/aromatic N) is 1. The number of alkyl halides is 3. The Hall–Kier alpha value is -4.13. The normalized spacial score (nSPS) is 11.8. The van der Waals surface area contributed by atoms with E-state index >= 15 is 0 Å². The third kappa shape index (κ3) is 4.87. The zero-order chi connectivity index (χ0) is 23.6. The van der Waals surface area contributed by atoms with Crippen molar-refractivity contribution in [1.82, 2.24) is 4.98 Å². The number of halogens is 3. The van der Waals surface area contributed by atoms with Crippen LogP contribution in [0.1, 0.15) is 18.1 Å². The fraction of sp³-hybridized carbons (Fsp3) is 0.0769. The van der Waals surface area contributed by atoms with Gasteiger partial charge in [-0.15, -0.1) is 0 Å². The predicted octanol–water partition coefficient (Wildman–Crippen LogP) is 6.97. The molecule has 0 atom stereocenters. The fourth-order valence-electron chi connectivity index (χ4n) is 3.50. The highest BCUT2D eigenvalue weighted by Crippen LogP contribution is 2.39. The number of carbonyl (C=O) groups excluding carboxylic acids is 1. The van der Waals surface area contributed by atoms with E-state index in [1.807, 2.05) is 30.3 Å². The van der Waals surface area contributed by atoms with Gasteiger partial charge in [0.2, 0.25) is 0 Å². The summed E-state index contributed by atoms with van der Waals surface area (Å²) in [5.74, 6) is -0.222. The van der Waals surface area contributed by atoms with Crippen LogP contribution in [0.3, 0.4) is 0 Å². The molecule has 0 amide bonds. The molecule has 2 N–H and O–H groups in total. The van der Waals surface area contributed by atoms with Gasteiger partial charge in [-0.1, -0.05) is 36.4 Å². The van der Waals surface area contributed by atoms with Gasteiger partial charge in [-0.25, -0.2) is 4.98 Å².